The van der Waals surface area contributed by atoms with Gasteiger partial charge in [-0.15, -0.1) is 0 Å². The third-order valence-corrected chi connectivity index (χ3v) is 10.7. The molecule has 0 amide bonds. The minimum absolute atomic E-state index is 0.0109. The molecule has 0 N–H and O–H groups in total. The maximum absolute atomic E-state index is 12.7. The van der Waals surface area contributed by atoms with Gasteiger partial charge in [-0.25, -0.2) is 0 Å². The van der Waals surface area contributed by atoms with Gasteiger partial charge in [-0.3, -0.25) is 9.36 Å². The second-order valence-corrected chi connectivity index (χ2v) is 17.8. The van der Waals surface area contributed by atoms with Crippen molar-refractivity contribution in [3.05, 3.63) is 48.6 Å². The van der Waals surface area contributed by atoms with Crippen LogP contribution in [0.25, 0.3) is 0 Å². The predicted octanol–water partition coefficient (Wildman–Crippen LogP) is 11.5. The maximum Gasteiger partial charge on any atom is 0.306 e. The Balaban J connectivity index is 2.27. The Morgan fingerprint density at radius 3 is 1.79 bits per heavy atom. The lowest BCUT2D eigenvalue weighted by Gasteiger charge is -2.28. The molecule has 1 saturated heterocycles. The van der Waals surface area contributed by atoms with Crippen LogP contribution in [0.3, 0.4) is 0 Å². The van der Waals surface area contributed by atoms with Crippen LogP contribution in [-0.2, 0) is 32.6 Å². The zero-order valence-electron chi connectivity index (χ0n) is 36.5. The smallest absolute Gasteiger partial charge is 0.306 e. The van der Waals surface area contributed by atoms with Crippen LogP contribution in [0.4, 0.5) is 0 Å². The number of unbranched alkanes of at least 4 members (excludes halogenated alkanes) is 16. The van der Waals surface area contributed by atoms with Gasteiger partial charge in [-0.1, -0.05) is 133 Å². The van der Waals surface area contributed by atoms with Crippen LogP contribution in [0.5, 0.6) is 0 Å². The van der Waals surface area contributed by atoms with Gasteiger partial charge >= 0.3 is 5.97 Å². The molecule has 1 aliphatic rings. The number of allylic oxidation sites excluding steroid dienone is 6. The third kappa shape index (κ3) is 35.6. The molecular formula is C46H84NO8P. The number of hydrogen-bond donors (Lipinski definition) is 0. The first kappa shape index (κ1) is 52.4. The number of phosphoric ester groups is 1. The van der Waals surface area contributed by atoms with Crippen LogP contribution in [0.15, 0.2) is 48.6 Å². The van der Waals surface area contributed by atoms with Crippen LogP contribution < -0.4 is 4.89 Å². The molecule has 326 valence electrons. The molecule has 10 heteroatoms. The molecule has 0 spiro atoms. The number of rotatable bonds is 40. The zero-order valence-corrected chi connectivity index (χ0v) is 37.4. The van der Waals surface area contributed by atoms with Crippen LogP contribution in [0.2, 0.25) is 0 Å². The molecule has 0 aromatic carbocycles. The molecule has 4 unspecified atom stereocenters. The molecule has 0 aliphatic carbocycles. The van der Waals surface area contributed by atoms with Gasteiger partial charge in [0.05, 0.1) is 46.6 Å². The first-order valence-electron chi connectivity index (χ1n) is 22.5. The van der Waals surface area contributed by atoms with Crippen molar-refractivity contribution in [3.63, 3.8) is 0 Å². The van der Waals surface area contributed by atoms with Gasteiger partial charge in [-0.05, 0) is 77.0 Å². The van der Waals surface area contributed by atoms with Crippen molar-refractivity contribution in [2.24, 2.45) is 0 Å². The number of hydrogen-bond acceptors (Lipinski definition) is 8. The number of ether oxygens (including phenoxy) is 3. The molecule has 0 bridgehead atoms. The molecule has 1 aliphatic heterocycles. The SMILES string of the molecule is CCCCC/C=C/CC1OC1C/C=C\C/C=C\CCCC(=O)OC(COCCCCCCCC/C=C\CCCCCCCC)COP(=O)([O-])OCC[N+](C)(C)C. The molecule has 1 fully saturated rings. The maximum atomic E-state index is 12.7. The molecule has 9 nitrogen and oxygen atoms in total. The molecule has 1 heterocycles. The predicted molar refractivity (Wildman–Crippen MR) is 230 cm³/mol. The fraction of sp³-hybridized carbons (Fsp3) is 0.804. The van der Waals surface area contributed by atoms with Gasteiger partial charge in [0.15, 0.2) is 0 Å². The van der Waals surface area contributed by atoms with Crippen LogP contribution in [0, 0.1) is 0 Å². The second-order valence-electron chi connectivity index (χ2n) is 16.4. The highest BCUT2D eigenvalue weighted by molar-refractivity contribution is 7.45. The Labute approximate surface area is 343 Å². The highest BCUT2D eigenvalue weighted by atomic mass is 31.2. The minimum Gasteiger partial charge on any atom is -0.756 e. The Morgan fingerprint density at radius 2 is 1.14 bits per heavy atom. The average Bonchev–Trinajstić information content (AvgIpc) is 3.91. The largest absolute Gasteiger partial charge is 0.756 e. The summed E-state index contributed by atoms with van der Waals surface area (Å²) in [6, 6.07) is 0. The van der Waals surface area contributed by atoms with Crippen LogP contribution >= 0.6 is 7.82 Å². The van der Waals surface area contributed by atoms with E-state index in [4.69, 9.17) is 23.3 Å². The Morgan fingerprint density at radius 1 is 0.643 bits per heavy atom. The molecule has 4 atom stereocenters. The molecule has 0 saturated carbocycles. The van der Waals surface area contributed by atoms with Gasteiger partial charge in [-0.2, -0.15) is 0 Å². The van der Waals surface area contributed by atoms with Crippen molar-refractivity contribution in [3.8, 4) is 0 Å². The summed E-state index contributed by atoms with van der Waals surface area (Å²) < 4.78 is 40.3. The summed E-state index contributed by atoms with van der Waals surface area (Å²) in [6.45, 7) is 5.27. The topological polar surface area (TPSA) is 107 Å². The van der Waals surface area contributed by atoms with Gasteiger partial charge in [0.25, 0.3) is 7.82 Å². The van der Waals surface area contributed by atoms with E-state index in [1.165, 1.54) is 96.3 Å². The summed E-state index contributed by atoms with van der Waals surface area (Å²) in [4.78, 5) is 25.1. The number of carbonyl (C=O) groups excluding carboxylic acids is 1. The molecular weight excluding hydrogens is 725 g/mol. The van der Waals surface area contributed by atoms with Gasteiger partial charge < -0.3 is 32.6 Å². The molecule has 0 aromatic rings. The highest BCUT2D eigenvalue weighted by Crippen LogP contribution is 2.38. The van der Waals surface area contributed by atoms with E-state index in [9.17, 15) is 14.3 Å². The fourth-order valence-electron chi connectivity index (χ4n) is 6.10. The van der Waals surface area contributed by atoms with Crippen LogP contribution in [-0.4, -0.2) is 82.9 Å². The lowest BCUT2D eigenvalue weighted by Crippen LogP contribution is -2.37. The number of epoxide rings is 1. The van der Waals surface area contributed by atoms with Gasteiger partial charge in [0.1, 0.15) is 19.3 Å². The summed E-state index contributed by atoms with van der Waals surface area (Å²) in [5, 5.41) is 0. The Bertz CT molecular complexity index is 1100. The lowest BCUT2D eigenvalue weighted by molar-refractivity contribution is -0.870. The number of carbonyl (C=O) groups is 1. The van der Waals surface area contributed by atoms with E-state index in [0.29, 0.717) is 36.3 Å². The number of nitrogens with zero attached hydrogens (tertiary/aromatic N) is 1. The quantitative estimate of drug-likeness (QED) is 0.0150. The monoisotopic (exact) mass is 810 g/mol. The summed E-state index contributed by atoms with van der Waals surface area (Å²) >= 11 is 0. The molecule has 0 aromatic heterocycles. The summed E-state index contributed by atoms with van der Waals surface area (Å²) in [5.74, 6) is -0.394. The lowest BCUT2D eigenvalue weighted by atomic mass is 10.1. The van der Waals surface area contributed by atoms with Crippen molar-refractivity contribution in [2.45, 2.75) is 186 Å². The van der Waals surface area contributed by atoms with Gasteiger partial charge in [0, 0.05) is 13.0 Å². The van der Waals surface area contributed by atoms with E-state index in [2.05, 4.69) is 62.5 Å². The molecule has 0 radical (unpaired) electrons. The number of phosphoric acid groups is 1. The Hall–Kier alpha value is -1.58. The zero-order chi connectivity index (χ0) is 41.0. The van der Waals surface area contributed by atoms with Crippen molar-refractivity contribution in [1.29, 1.82) is 0 Å². The Kier molecular flexibility index (Phi) is 33.1. The summed E-state index contributed by atoms with van der Waals surface area (Å²) in [5.41, 5.74) is 0. The number of quaternary nitrogens is 1. The normalized spacial score (nSPS) is 17.8. The van der Waals surface area contributed by atoms with E-state index in [-0.39, 0.29) is 26.2 Å². The van der Waals surface area contributed by atoms with E-state index in [0.717, 1.165) is 44.9 Å². The number of likely N-dealkylation sites (N-methyl/N-ethyl adjacent to an activating group) is 1. The minimum atomic E-state index is -4.55. The van der Waals surface area contributed by atoms with E-state index in [1.54, 1.807) is 0 Å². The highest BCUT2D eigenvalue weighted by Gasteiger charge is 2.36. The summed E-state index contributed by atoms with van der Waals surface area (Å²) in [7, 11) is 1.31. The number of esters is 1. The third-order valence-electron chi connectivity index (χ3n) is 9.76. The standard InChI is InChI=1S/C46H84NO8P/c1-6-8-10-12-14-15-16-17-18-19-20-21-22-26-30-34-39-51-41-43(42-53-56(49,50)52-40-38-47(3,4)5)54-46(48)37-33-29-25-23-24-28-32-36-45-44(55-45)35-31-27-13-11-9-7-2/h17-18,23,25,27-28,31-32,43-45H,6-16,19-22,24,26,29-30,33-42H2,1-5H3/b18-17-,25-23-,31-27+,32-28-. The van der Waals surface area contributed by atoms with Crippen molar-refractivity contribution in [2.75, 3.05) is 54.1 Å². The van der Waals surface area contributed by atoms with Crippen molar-refractivity contribution >= 4 is 13.8 Å². The average molecular weight is 810 g/mol. The summed E-state index contributed by atoms with van der Waals surface area (Å²) in [6.07, 6.45) is 44.4. The first-order chi connectivity index (χ1) is 27.1. The van der Waals surface area contributed by atoms with Crippen molar-refractivity contribution < 1.29 is 42.0 Å². The first-order valence-corrected chi connectivity index (χ1v) is 24.0. The fourth-order valence-corrected chi connectivity index (χ4v) is 6.83. The van der Waals surface area contributed by atoms with Crippen LogP contribution in [0.1, 0.15) is 168 Å². The second kappa shape index (κ2) is 35.4. The molecule has 56 heavy (non-hydrogen) atoms. The van der Waals surface area contributed by atoms with E-state index in [1.807, 2.05) is 21.1 Å². The molecule has 1 rings (SSSR count). The van der Waals surface area contributed by atoms with E-state index < -0.39 is 19.9 Å². The van der Waals surface area contributed by atoms with E-state index >= 15 is 0 Å². The van der Waals surface area contributed by atoms with Gasteiger partial charge in [0.2, 0.25) is 0 Å². The van der Waals surface area contributed by atoms with Crippen molar-refractivity contribution in [1.82, 2.24) is 0 Å².